The molecule has 6 heteroatoms. The van der Waals surface area contributed by atoms with Gasteiger partial charge in [-0.15, -0.1) is 0 Å². The van der Waals surface area contributed by atoms with Gasteiger partial charge in [0.2, 0.25) is 0 Å². The fourth-order valence-electron chi connectivity index (χ4n) is 1.46. The average Bonchev–Trinajstić information content (AvgIpc) is 2.35. The van der Waals surface area contributed by atoms with Gasteiger partial charge in [-0.3, -0.25) is 4.79 Å². The van der Waals surface area contributed by atoms with Gasteiger partial charge in [-0.2, -0.15) is 0 Å². The first-order chi connectivity index (χ1) is 9.26. The summed E-state index contributed by atoms with van der Waals surface area (Å²) in [6.07, 6.45) is 0. The van der Waals surface area contributed by atoms with Crippen LogP contribution in [0.4, 0.5) is 5.82 Å². The van der Waals surface area contributed by atoms with Crippen molar-refractivity contribution in [3.05, 3.63) is 22.8 Å². The quantitative estimate of drug-likeness (QED) is 0.791. The molecule has 1 aromatic heterocycles. The third-order valence-corrected chi connectivity index (χ3v) is 3.50. The molecule has 0 fully saturated rings. The Morgan fingerprint density at radius 2 is 2.05 bits per heavy atom. The molecule has 112 valence electrons. The molecule has 1 amide bonds. The van der Waals surface area contributed by atoms with Gasteiger partial charge in [0.05, 0.1) is 0 Å². The van der Waals surface area contributed by atoms with Crippen molar-refractivity contribution in [3.63, 3.8) is 0 Å². The largest absolute Gasteiger partial charge is 0.370 e. The number of anilines is 1. The molecule has 0 saturated heterocycles. The van der Waals surface area contributed by atoms with Crippen LogP contribution in [0.2, 0.25) is 5.15 Å². The Morgan fingerprint density at radius 3 is 2.60 bits per heavy atom. The number of likely N-dealkylation sites (N-methyl/N-ethyl adjacent to an activating group) is 1. The van der Waals surface area contributed by atoms with Gasteiger partial charge in [0.25, 0.3) is 5.91 Å². The van der Waals surface area contributed by atoms with E-state index in [-0.39, 0.29) is 11.4 Å². The molecule has 0 spiro atoms. The van der Waals surface area contributed by atoms with E-state index in [0.29, 0.717) is 23.1 Å². The molecular formula is C14H23ClN4O. The normalized spacial score (nSPS) is 11.6. The van der Waals surface area contributed by atoms with Crippen LogP contribution in [0.3, 0.4) is 0 Å². The Hall–Kier alpha value is -1.33. The molecule has 5 nitrogen and oxygen atoms in total. The molecule has 1 heterocycles. The lowest BCUT2D eigenvalue weighted by Gasteiger charge is -2.32. The van der Waals surface area contributed by atoms with Gasteiger partial charge in [-0.25, -0.2) is 4.98 Å². The van der Waals surface area contributed by atoms with E-state index in [1.54, 1.807) is 12.1 Å². The number of hydrogen-bond acceptors (Lipinski definition) is 4. The Labute approximate surface area is 125 Å². The van der Waals surface area contributed by atoms with E-state index in [4.69, 9.17) is 11.6 Å². The van der Waals surface area contributed by atoms with Gasteiger partial charge < -0.3 is 15.5 Å². The first kappa shape index (κ1) is 16.7. The van der Waals surface area contributed by atoms with Gasteiger partial charge in [0.1, 0.15) is 11.0 Å². The maximum Gasteiger partial charge on any atom is 0.251 e. The Bertz CT molecular complexity index is 474. The Morgan fingerprint density at radius 1 is 1.40 bits per heavy atom. The molecule has 0 unspecified atom stereocenters. The van der Waals surface area contributed by atoms with Gasteiger partial charge >= 0.3 is 0 Å². The van der Waals surface area contributed by atoms with Gasteiger partial charge in [-0.05, 0) is 47.0 Å². The van der Waals surface area contributed by atoms with Crippen LogP contribution in [-0.4, -0.2) is 48.5 Å². The lowest BCUT2D eigenvalue weighted by Crippen LogP contribution is -2.48. The number of carbonyl (C=O) groups excluding carboxylic acids is 1. The minimum atomic E-state index is -0.150. The van der Waals surface area contributed by atoms with Crippen molar-refractivity contribution in [1.29, 1.82) is 0 Å². The highest BCUT2D eigenvalue weighted by Crippen LogP contribution is 2.15. The standard InChI is InChI=1S/C14H23ClN4O/c1-6-16-12-8-10(7-11(15)18-12)13(20)17-9-14(2,3)19(4)5/h7-8H,6,9H2,1-5H3,(H,16,18)(H,17,20). The van der Waals surface area contributed by atoms with E-state index in [0.717, 1.165) is 6.54 Å². The number of aromatic nitrogens is 1. The topological polar surface area (TPSA) is 57.3 Å². The van der Waals surface area contributed by atoms with Crippen molar-refractivity contribution < 1.29 is 4.79 Å². The lowest BCUT2D eigenvalue weighted by molar-refractivity contribution is 0.0919. The van der Waals surface area contributed by atoms with Gasteiger partial charge in [0, 0.05) is 24.2 Å². The van der Waals surface area contributed by atoms with Crippen LogP contribution in [0.25, 0.3) is 0 Å². The molecule has 0 radical (unpaired) electrons. The molecule has 0 aliphatic carbocycles. The van der Waals surface area contributed by atoms with Crippen molar-refractivity contribution in [2.24, 2.45) is 0 Å². The highest BCUT2D eigenvalue weighted by molar-refractivity contribution is 6.29. The first-order valence-electron chi connectivity index (χ1n) is 6.63. The SMILES string of the molecule is CCNc1cc(C(=O)NCC(C)(C)N(C)C)cc(Cl)n1. The van der Waals surface area contributed by atoms with Crippen LogP contribution in [0.15, 0.2) is 12.1 Å². The summed E-state index contributed by atoms with van der Waals surface area (Å²) in [6, 6.07) is 3.27. The zero-order valence-electron chi connectivity index (χ0n) is 12.7. The lowest BCUT2D eigenvalue weighted by atomic mass is 10.0. The van der Waals surface area contributed by atoms with Crippen molar-refractivity contribution in [3.8, 4) is 0 Å². The van der Waals surface area contributed by atoms with Gasteiger partial charge in [0.15, 0.2) is 0 Å². The zero-order valence-corrected chi connectivity index (χ0v) is 13.5. The summed E-state index contributed by atoms with van der Waals surface area (Å²) in [5.74, 6) is 0.459. The average molecular weight is 299 g/mol. The van der Waals surface area contributed by atoms with Crippen molar-refractivity contribution in [2.45, 2.75) is 26.3 Å². The van der Waals surface area contributed by atoms with Crippen LogP contribution in [0, 0.1) is 0 Å². The van der Waals surface area contributed by atoms with Crippen LogP contribution in [0.1, 0.15) is 31.1 Å². The summed E-state index contributed by atoms with van der Waals surface area (Å²) in [5.41, 5.74) is 0.396. The number of hydrogen-bond donors (Lipinski definition) is 2. The van der Waals surface area contributed by atoms with E-state index >= 15 is 0 Å². The summed E-state index contributed by atoms with van der Waals surface area (Å²) >= 11 is 5.93. The fraction of sp³-hybridized carbons (Fsp3) is 0.571. The monoisotopic (exact) mass is 298 g/mol. The second-order valence-corrected chi connectivity index (χ2v) is 5.87. The molecule has 0 atom stereocenters. The van der Waals surface area contributed by atoms with Crippen molar-refractivity contribution in [1.82, 2.24) is 15.2 Å². The minimum Gasteiger partial charge on any atom is -0.370 e. The van der Waals surface area contributed by atoms with E-state index in [9.17, 15) is 4.79 Å². The maximum atomic E-state index is 12.2. The molecule has 0 aromatic carbocycles. The number of pyridine rings is 1. The minimum absolute atomic E-state index is 0.114. The molecule has 2 N–H and O–H groups in total. The maximum absolute atomic E-state index is 12.2. The van der Waals surface area contributed by atoms with Crippen LogP contribution in [-0.2, 0) is 0 Å². The van der Waals surface area contributed by atoms with E-state index in [1.165, 1.54) is 0 Å². The second kappa shape index (κ2) is 6.90. The zero-order chi connectivity index (χ0) is 15.3. The highest BCUT2D eigenvalue weighted by atomic mass is 35.5. The first-order valence-corrected chi connectivity index (χ1v) is 7.01. The predicted molar refractivity (Wildman–Crippen MR) is 83.5 cm³/mol. The third-order valence-electron chi connectivity index (χ3n) is 3.31. The fourth-order valence-corrected chi connectivity index (χ4v) is 1.67. The van der Waals surface area contributed by atoms with E-state index in [1.807, 2.05) is 21.0 Å². The highest BCUT2D eigenvalue weighted by Gasteiger charge is 2.21. The van der Waals surface area contributed by atoms with Crippen LogP contribution >= 0.6 is 11.6 Å². The number of nitrogens with zero attached hydrogens (tertiary/aromatic N) is 2. The number of carbonyl (C=O) groups is 1. The molecule has 0 bridgehead atoms. The smallest absolute Gasteiger partial charge is 0.251 e. The molecule has 20 heavy (non-hydrogen) atoms. The molecule has 1 rings (SSSR count). The summed E-state index contributed by atoms with van der Waals surface area (Å²) in [7, 11) is 3.97. The van der Waals surface area contributed by atoms with Crippen molar-refractivity contribution >= 4 is 23.3 Å². The number of rotatable bonds is 6. The molecular weight excluding hydrogens is 276 g/mol. The second-order valence-electron chi connectivity index (χ2n) is 5.48. The summed E-state index contributed by atoms with van der Waals surface area (Å²) in [6.45, 7) is 7.37. The van der Waals surface area contributed by atoms with E-state index < -0.39 is 0 Å². The van der Waals surface area contributed by atoms with E-state index in [2.05, 4.69) is 34.4 Å². The molecule has 0 saturated carbocycles. The summed E-state index contributed by atoms with van der Waals surface area (Å²) in [4.78, 5) is 18.4. The number of amides is 1. The molecule has 0 aliphatic rings. The number of nitrogens with one attached hydrogen (secondary N) is 2. The summed E-state index contributed by atoms with van der Waals surface area (Å²) in [5, 5.41) is 6.28. The van der Waals surface area contributed by atoms with Gasteiger partial charge in [-0.1, -0.05) is 11.6 Å². The van der Waals surface area contributed by atoms with Crippen LogP contribution < -0.4 is 10.6 Å². The summed E-state index contributed by atoms with van der Waals surface area (Å²) < 4.78 is 0. The number of halogens is 1. The Kier molecular flexibility index (Phi) is 5.77. The van der Waals surface area contributed by atoms with Crippen LogP contribution in [0.5, 0.6) is 0 Å². The third kappa shape index (κ3) is 4.65. The Balaban J connectivity index is 2.77. The predicted octanol–water partition coefficient (Wildman–Crippen LogP) is 2.24. The molecule has 0 aliphatic heterocycles. The van der Waals surface area contributed by atoms with Crippen molar-refractivity contribution in [2.75, 3.05) is 32.5 Å². The molecule has 1 aromatic rings.